The van der Waals surface area contributed by atoms with Crippen molar-refractivity contribution in [1.29, 1.82) is 0 Å². The Kier molecular flexibility index (Phi) is 6.77. The second kappa shape index (κ2) is 10.1. The van der Waals surface area contributed by atoms with Gasteiger partial charge in [-0.05, 0) is 61.5 Å². The SMILES string of the molecule is CCOC(=O)c1cc(-c2cc(-c3ccc(F)cc3)n(C(=O)c3ccncc3)n2)ccc1NC(C)=O. The maximum atomic E-state index is 13.5. The van der Waals surface area contributed by atoms with Crippen LogP contribution >= 0.6 is 0 Å². The van der Waals surface area contributed by atoms with Gasteiger partial charge >= 0.3 is 5.97 Å². The Hall–Kier alpha value is -4.66. The van der Waals surface area contributed by atoms with E-state index in [9.17, 15) is 18.8 Å². The quantitative estimate of drug-likeness (QED) is 0.412. The minimum Gasteiger partial charge on any atom is -0.462 e. The van der Waals surface area contributed by atoms with Crippen LogP contribution in [0.25, 0.3) is 22.5 Å². The first-order chi connectivity index (χ1) is 16.9. The number of aromatic nitrogens is 3. The van der Waals surface area contributed by atoms with Crippen molar-refractivity contribution in [2.24, 2.45) is 0 Å². The summed E-state index contributed by atoms with van der Waals surface area (Å²) in [6.07, 6.45) is 3.00. The van der Waals surface area contributed by atoms with E-state index in [-0.39, 0.29) is 18.1 Å². The monoisotopic (exact) mass is 472 g/mol. The molecule has 0 bridgehead atoms. The molecule has 0 aliphatic rings. The summed E-state index contributed by atoms with van der Waals surface area (Å²) in [6.45, 7) is 3.18. The van der Waals surface area contributed by atoms with Crippen LogP contribution in [0.3, 0.4) is 0 Å². The predicted molar refractivity (Wildman–Crippen MR) is 127 cm³/mol. The lowest BCUT2D eigenvalue weighted by atomic mass is 10.0. The van der Waals surface area contributed by atoms with Crippen LogP contribution in [0, 0.1) is 5.82 Å². The standard InChI is InChI=1S/C26H21FN4O4/c1-3-35-26(34)21-14-19(6-9-22(21)29-16(2)32)23-15-24(17-4-7-20(27)8-5-17)31(30-23)25(33)18-10-12-28-13-11-18/h4-15H,3H2,1-2H3,(H,29,32). The zero-order chi connectivity index (χ0) is 24.9. The highest BCUT2D eigenvalue weighted by atomic mass is 19.1. The highest BCUT2D eigenvalue weighted by Gasteiger charge is 2.21. The fourth-order valence-corrected chi connectivity index (χ4v) is 3.50. The molecule has 0 fully saturated rings. The first kappa shape index (κ1) is 23.5. The second-order valence-electron chi connectivity index (χ2n) is 7.54. The molecule has 35 heavy (non-hydrogen) atoms. The van der Waals surface area contributed by atoms with E-state index in [0.29, 0.717) is 33.8 Å². The molecule has 9 heteroatoms. The van der Waals surface area contributed by atoms with Gasteiger partial charge in [-0.3, -0.25) is 14.6 Å². The van der Waals surface area contributed by atoms with Crippen molar-refractivity contribution < 1.29 is 23.5 Å². The largest absolute Gasteiger partial charge is 0.462 e. The van der Waals surface area contributed by atoms with Gasteiger partial charge in [0.25, 0.3) is 5.91 Å². The Morgan fingerprint density at radius 2 is 1.66 bits per heavy atom. The minimum atomic E-state index is -0.607. The van der Waals surface area contributed by atoms with Gasteiger partial charge in [-0.1, -0.05) is 6.07 Å². The van der Waals surface area contributed by atoms with Crippen LogP contribution in [0.1, 0.15) is 34.6 Å². The number of amides is 1. The maximum Gasteiger partial charge on any atom is 0.340 e. The molecule has 0 spiro atoms. The molecule has 2 heterocycles. The van der Waals surface area contributed by atoms with E-state index in [0.717, 1.165) is 0 Å². The Bertz CT molecular complexity index is 1400. The van der Waals surface area contributed by atoms with Crippen molar-refractivity contribution in [1.82, 2.24) is 14.8 Å². The molecule has 4 rings (SSSR count). The van der Waals surface area contributed by atoms with Gasteiger partial charge in [0, 0.05) is 36.0 Å². The fourth-order valence-electron chi connectivity index (χ4n) is 3.50. The number of esters is 1. The second-order valence-corrected chi connectivity index (χ2v) is 7.54. The van der Waals surface area contributed by atoms with Crippen LogP contribution in [-0.2, 0) is 9.53 Å². The minimum absolute atomic E-state index is 0.151. The third kappa shape index (κ3) is 5.14. The summed E-state index contributed by atoms with van der Waals surface area (Å²) in [5, 5.41) is 7.12. The topological polar surface area (TPSA) is 103 Å². The molecular formula is C26H21FN4O4. The smallest absolute Gasteiger partial charge is 0.340 e. The molecule has 8 nitrogen and oxygen atoms in total. The van der Waals surface area contributed by atoms with Gasteiger partial charge in [0.05, 0.1) is 29.2 Å². The molecule has 176 valence electrons. The number of halogens is 1. The summed E-state index contributed by atoms with van der Waals surface area (Å²) in [5.74, 6) is -1.76. The number of hydrogen-bond donors (Lipinski definition) is 1. The molecule has 1 N–H and O–H groups in total. The molecule has 0 atom stereocenters. The third-order valence-electron chi connectivity index (χ3n) is 5.09. The summed E-state index contributed by atoms with van der Waals surface area (Å²) in [4.78, 5) is 41.3. The lowest BCUT2D eigenvalue weighted by Crippen LogP contribution is -2.15. The highest BCUT2D eigenvalue weighted by Crippen LogP contribution is 2.30. The van der Waals surface area contributed by atoms with Crippen molar-refractivity contribution in [3.05, 3.63) is 90.0 Å². The highest BCUT2D eigenvalue weighted by molar-refractivity contribution is 6.02. The first-order valence-electron chi connectivity index (χ1n) is 10.8. The van der Waals surface area contributed by atoms with Crippen LogP contribution in [0.5, 0.6) is 0 Å². The zero-order valence-electron chi connectivity index (χ0n) is 19.0. The molecular weight excluding hydrogens is 451 g/mol. The summed E-state index contributed by atoms with van der Waals surface area (Å²) >= 11 is 0. The Morgan fingerprint density at radius 3 is 2.31 bits per heavy atom. The van der Waals surface area contributed by atoms with E-state index in [1.165, 1.54) is 36.1 Å². The van der Waals surface area contributed by atoms with Crippen molar-refractivity contribution in [3.8, 4) is 22.5 Å². The van der Waals surface area contributed by atoms with Gasteiger partial charge in [0.2, 0.25) is 5.91 Å². The number of pyridine rings is 1. The zero-order valence-corrected chi connectivity index (χ0v) is 19.0. The average Bonchev–Trinajstić information content (AvgIpc) is 3.30. The molecule has 0 saturated carbocycles. The molecule has 0 unspecified atom stereocenters. The van der Waals surface area contributed by atoms with Crippen molar-refractivity contribution in [3.63, 3.8) is 0 Å². The van der Waals surface area contributed by atoms with Crippen LogP contribution in [0.4, 0.5) is 10.1 Å². The normalized spacial score (nSPS) is 10.6. The van der Waals surface area contributed by atoms with Gasteiger partial charge in [0.1, 0.15) is 5.82 Å². The van der Waals surface area contributed by atoms with Crippen molar-refractivity contribution >= 4 is 23.5 Å². The molecule has 0 aliphatic heterocycles. The van der Waals surface area contributed by atoms with E-state index < -0.39 is 17.7 Å². The van der Waals surface area contributed by atoms with E-state index in [1.54, 1.807) is 55.5 Å². The van der Waals surface area contributed by atoms with Gasteiger partial charge in [0.15, 0.2) is 0 Å². The number of rotatable bonds is 6. The number of ether oxygens (including phenoxy) is 1. The Labute approximate surface area is 200 Å². The maximum absolute atomic E-state index is 13.5. The van der Waals surface area contributed by atoms with Gasteiger partial charge < -0.3 is 10.1 Å². The summed E-state index contributed by atoms with van der Waals surface area (Å²) in [7, 11) is 0. The van der Waals surface area contributed by atoms with Crippen molar-refractivity contribution in [2.75, 3.05) is 11.9 Å². The Morgan fingerprint density at radius 1 is 0.971 bits per heavy atom. The molecule has 0 aliphatic carbocycles. The van der Waals surface area contributed by atoms with E-state index in [1.807, 2.05) is 0 Å². The van der Waals surface area contributed by atoms with E-state index >= 15 is 0 Å². The van der Waals surface area contributed by atoms with E-state index in [4.69, 9.17) is 4.74 Å². The number of anilines is 1. The van der Waals surface area contributed by atoms with Crippen molar-refractivity contribution in [2.45, 2.75) is 13.8 Å². The lowest BCUT2D eigenvalue weighted by Gasteiger charge is -2.10. The van der Waals surface area contributed by atoms with Gasteiger partial charge in [-0.25, -0.2) is 9.18 Å². The molecule has 0 saturated heterocycles. The van der Waals surface area contributed by atoms with Gasteiger partial charge in [-0.2, -0.15) is 9.78 Å². The predicted octanol–water partition coefficient (Wildman–Crippen LogP) is 4.57. The molecule has 4 aromatic rings. The van der Waals surface area contributed by atoms with Crippen LogP contribution < -0.4 is 5.32 Å². The first-order valence-corrected chi connectivity index (χ1v) is 10.8. The fraction of sp³-hybridized carbons (Fsp3) is 0.115. The number of carbonyl (C=O) groups excluding carboxylic acids is 3. The van der Waals surface area contributed by atoms with Gasteiger partial charge in [-0.15, -0.1) is 0 Å². The van der Waals surface area contributed by atoms with Crippen LogP contribution in [0.2, 0.25) is 0 Å². The Balaban J connectivity index is 1.85. The third-order valence-corrected chi connectivity index (χ3v) is 5.09. The number of hydrogen-bond acceptors (Lipinski definition) is 6. The summed E-state index contributed by atoms with van der Waals surface area (Å²) in [6, 6.07) is 15.3. The molecule has 0 radical (unpaired) electrons. The average molecular weight is 472 g/mol. The van der Waals surface area contributed by atoms with Crippen LogP contribution in [0.15, 0.2) is 73.1 Å². The lowest BCUT2D eigenvalue weighted by molar-refractivity contribution is -0.114. The number of nitrogens with zero attached hydrogens (tertiary/aromatic N) is 3. The number of benzene rings is 2. The number of nitrogens with one attached hydrogen (secondary N) is 1. The number of carbonyl (C=O) groups is 3. The summed E-state index contributed by atoms with van der Waals surface area (Å²) < 4.78 is 19.9. The van der Waals surface area contributed by atoms with Crippen LogP contribution in [-0.4, -0.2) is 39.2 Å². The molecule has 1 amide bonds. The summed E-state index contributed by atoms with van der Waals surface area (Å²) in [5.41, 5.74) is 2.74. The molecule has 2 aromatic carbocycles. The van der Waals surface area contributed by atoms with E-state index in [2.05, 4.69) is 15.4 Å². The molecule has 2 aromatic heterocycles.